The van der Waals surface area contributed by atoms with Gasteiger partial charge in [0.15, 0.2) is 0 Å². The molecule has 0 saturated carbocycles. The lowest BCUT2D eigenvalue weighted by atomic mass is 10.2. The number of thiocarbonyl (C=S) groups is 1. The van der Waals surface area contributed by atoms with E-state index in [2.05, 4.69) is 17.6 Å². The van der Waals surface area contributed by atoms with Crippen molar-refractivity contribution in [3.8, 4) is 5.75 Å². The highest BCUT2D eigenvalue weighted by Gasteiger charge is 2.09. The Labute approximate surface area is 141 Å². The molecule has 0 aliphatic rings. The van der Waals surface area contributed by atoms with Gasteiger partial charge in [-0.1, -0.05) is 31.2 Å². The van der Waals surface area contributed by atoms with Crippen LogP contribution in [0.5, 0.6) is 5.75 Å². The van der Waals surface area contributed by atoms with Crippen LogP contribution < -0.4 is 15.4 Å². The molecule has 2 aromatic rings. The van der Waals surface area contributed by atoms with Crippen molar-refractivity contribution in [2.75, 3.05) is 5.32 Å². The topological polar surface area (TPSA) is 50.4 Å². The quantitative estimate of drug-likeness (QED) is 0.815. The van der Waals surface area contributed by atoms with Gasteiger partial charge in [0.05, 0.1) is 0 Å². The normalized spacial score (nSPS) is 11.4. The van der Waals surface area contributed by atoms with Crippen LogP contribution in [0.25, 0.3) is 0 Å². The fraction of sp³-hybridized carbons (Fsp3) is 0.222. The van der Waals surface area contributed by atoms with E-state index < -0.39 is 0 Å². The molecular formula is C18H20N2O2S. The lowest BCUT2D eigenvalue weighted by Gasteiger charge is -2.14. The summed E-state index contributed by atoms with van der Waals surface area (Å²) in [4.78, 5) is 12.3. The number of hydrogen-bond acceptors (Lipinski definition) is 3. The van der Waals surface area contributed by atoms with Crippen LogP contribution in [0.15, 0.2) is 54.6 Å². The number of rotatable bonds is 5. The van der Waals surface area contributed by atoms with Crippen molar-refractivity contribution >= 4 is 29.0 Å². The summed E-state index contributed by atoms with van der Waals surface area (Å²) >= 11 is 5.16. The number of benzene rings is 2. The third-order valence-corrected chi connectivity index (χ3v) is 3.52. The number of ether oxygens (including phenoxy) is 1. The Hall–Kier alpha value is -2.40. The van der Waals surface area contributed by atoms with Crippen molar-refractivity contribution in [1.29, 1.82) is 0 Å². The minimum Gasteiger partial charge on any atom is -0.432 e. The highest BCUT2D eigenvalue weighted by atomic mass is 32.1. The van der Waals surface area contributed by atoms with Crippen molar-refractivity contribution in [1.82, 2.24) is 5.32 Å². The van der Waals surface area contributed by atoms with Gasteiger partial charge < -0.3 is 15.4 Å². The first-order chi connectivity index (χ1) is 11.1. The summed E-state index contributed by atoms with van der Waals surface area (Å²) in [6, 6.07) is 16.5. The summed E-state index contributed by atoms with van der Waals surface area (Å²) in [7, 11) is 0. The Bertz CT molecular complexity index is 674. The van der Waals surface area contributed by atoms with Crippen LogP contribution in [0.3, 0.4) is 0 Å². The van der Waals surface area contributed by atoms with Crippen LogP contribution in [0.1, 0.15) is 30.6 Å². The molecule has 0 fully saturated rings. The molecule has 1 atom stereocenters. The van der Waals surface area contributed by atoms with E-state index in [1.54, 1.807) is 24.3 Å². The summed E-state index contributed by atoms with van der Waals surface area (Å²) < 4.78 is 5.57. The first-order valence-electron chi connectivity index (χ1n) is 7.53. The van der Waals surface area contributed by atoms with E-state index in [0.29, 0.717) is 16.5 Å². The fourth-order valence-corrected chi connectivity index (χ4v) is 2.16. The number of amides is 1. The van der Waals surface area contributed by atoms with Crippen molar-refractivity contribution in [3.63, 3.8) is 0 Å². The Kier molecular flexibility index (Phi) is 6.11. The molecule has 1 unspecified atom stereocenters. The van der Waals surface area contributed by atoms with Crippen LogP contribution >= 0.6 is 12.2 Å². The minimum absolute atomic E-state index is 0.192. The molecule has 2 N–H and O–H groups in total. The maximum atomic E-state index is 12.3. The van der Waals surface area contributed by atoms with Gasteiger partial charge in [-0.25, -0.2) is 0 Å². The number of hydrogen-bond donors (Lipinski definition) is 2. The van der Waals surface area contributed by atoms with Gasteiger partial charge in [0.25, 0.3) is 11.1 Å². The zero-order chi connectivity index (χ0) is 16.7. The largest absolute Gasteiger partial charge is 0.432 e. The van der Waals surface area contributed by atoms with E-state index in [4.69, 9.17) is 17.0 Å². The van der Waals surface area contributed by atoms with Gasteiger partial charge in [-0.2, -0.15) is 0 Å². The zero-order valence-electron chi connectivity index (χ0n) is 13.2. The van der Waals surface area contributed by atoms with Crippen LogP contribution in [0.2, 0.25) is 0 Å². The van der Waals surface area contributed by atoms with Crippen molar-refractivity contribution < 1.29 is 9.53 Å². The summed E-state index contributed by atoms with van der Waals surface area (Å²) in [5, 5.41) is 6.22. The van der Waals surface area contributed by atoms with E-state index >= 15 is 0 Å². The monoisotopic (exact) mass is 328 g/mol. The van der Waals surface area contributed by atoms with E-state index in [0.717, 1.165) is 12.1 Å². The number of nitrogens with one attached hydrogen (secondary N) is 2. The van der Waals surface area contributed by atoms with Gasteiger partial charge in [0.1, 0.15) is 5.75 Å². The average molecular weight is 328 g/mol. The SMILES string of the molecule is CCC(C)NC(=S)Oc1cccc(C(=O)Nc2ccccc2)c1. The summed E-state index contributed by atoms with van der Waals surface area (Å²) in [6.45, 7) is 4.09. The molecule has 0 heterocycles. The zero-order valence-corrected chi connectivity index (χ0v) is 14.0. The van der Waals surface area contributed by atoms with Gasteiger partial charge in [-0.3, -0.25) is 4.79 Å². The second kappa shape index (κ2) is 8.29. The molecule has 120 valence electrons. The van der Waals surface area contributed by atoms with Crippen LogP contribution in [0.4, 0.5) is 5.69 Å². The molecule has 0 aliphatic heterocycles. The maximum absolute atomic E-state index is 12.3. The second-order valence-electron chi connectivity index (χ2n) is 5.19. The van der Waals surface area contributed by atoms with Crippen molar-refractivity contribution in [3.05, 3.63) is 60.2 Å². The lowest BCUT2D eigenvalue weighted by molar-refractivity contribution is 0.102. The molecule has 4 nitrogen and oxygen atoms in total. The van der Waals surface area contributed by atoms with Crippen LogP contribution in [-0.4, -0.2) is 17.1 Å². The molecule has 0 spiro atoms. The molecule has 0 aliphatic carbocycles. The van der Waals surface area contributed by atoms with E-state index in [-0.39, 0.29) is 11.9 Å². The highest BCUT2D eigenvalue weighted by Crippen LogP contribution is 2.15. The van der Waals surface area contributed by atoms with Gasteiger partial charge in [-0.15, -0.1) is 0 Å². The molecular weight excluding hydrogens is 308 g/mol. The fourth-order valence-electron chi connectivity index (χ4n) is 1.87. The van der Waals surface area contributed by atoms with Gasteiger partial charge >= 0.3 is 0 Å². The van der Waals surface area contributed by atoms with E-state index in [1.165, 1.54) is 0 Å². The Balaban J connectivity index is 2.01. The van der Waals surface area contributed by atoms with Gasteiger partial charge in [-0.05, 0) is 55.9 Å². The lowest BCUT2D eigenvalue weighted by Crippen LogP contribution is -2.34. The molecule has 5 heteroatoms. The summed E-state index contributed by atoms with van der Waals surface area (Å²) in [5.74, 6) is 0.342. The summed E-state index contributed by atoms with van der Waals surface area (Å²) in [6.07, 6.45) is 0.947. The second-order valence-corrected chi connectivity index (χ2v) is 5.56. The number of carbonyl (C=O) groups is 1. The molecule has 1 amide bonds. The standard InChI is InChI=1S/C18H20N2O2S/c1-3-13(2)19-18(23)22-16-11-7-8-14(12-16)17(21)20-15-9-5-4-6-10-15/h4-13H,3H2,1-2H3,(H,19,23)(H,20,21). The number of para-hydroxylation sites is 1. The Morgan fingerprint density at radius 1 is 1.17 bits per heavy atom. The summed E-state index contributed by atoms with van der Waals surface area (Å²) in [5.41, 5.74) is 1.26. The van der Waals surface area contributed by atoms with Gasteiger partial charge in [0.2, 0.25) is 0 Å². The van der Waals surface area contributed by atoms with E-state index in [1.807, 2.05) is 37.3 Å². The molecule has 0 bridgehead atoms. The van der Waals surface area contributed by atoms with Crippen LogP contribution in [-0.2, 0) is 0 Å². The Morgan fingerprint density at radius 2 is 1.91 bits per heavy atom. The Morgan fingerprint density at radius 3 is 2.61 bits per heavy atom. The third-order valence-electron chi connectivity index (χ3n) is 3.32. The molecule has 0 saturated heterocycles. The number of carbonyl (C=O) groups excluding carboxylic acids is 1. The third kappa shape index (κ3) is 5.38. The number of anilines is 1. The van der Waals surface area contributed by atoms with Crippen molar-refractivity contribution in [2.24, 2.45) is 0 Å². The molecule has 0 radical (unpaired) electrons. The maximum Gasteiger partial charge on any atom is 0.262 e. The molecule has 2 rings (SSSR count). The van der Waals surface area contributed by atoms with E-state index in [9.17, 15) is 4.79 Å². The predicted octanol–water partition coefficient (Wildman–Crippen LogP) is 3.99. The first-order valence-corrected chi connectivity index (χ1v) is 7.94. The van der Waals surface area contributed by atoms with Crippen molar-refractivity contribution in [2.45, 2.75) is 26.3 Å². The smallest absolute Gasteiger partial charge is 0.262 e. The molecule has 2 aromatic carbocycles. The molecule has 23 heavy (non-hydrogen) atoms. The molecule has 0 aromatic heterocycles. The first kappa shape index (κ1) is 17.0. The minimum atomic E-state index is -0.192. The van der Waals surface area contributed by atoms with Crippen LogP contribution in [0, 0.1) is 0 Å². The van der Waals surface area contributed by atoms with Gasteiger partial charge in [0, 0.05) is 17.3 Å². The average Bonchev–Trinajstić information content (AvgIpc) is 2.55. The highest BCUT2D eigenvalue weighted by molar-refractivity contribution is 7.80. The predicted molar refractivity (Wildman–Crippen MR) is 97.0 cm³/mol.